The lowest BCUT2D eigenvalue weighted by molar-refractivity contribution is -0.124. The van der Waals surface area contributed by atoms with Crippen molar-refractivity contribution in [2.45, 2.75) is 19.8 Å². The fraction of sp³-hybridized carbons (Fsp3) is 0.667. The van der Waals surface area contributed by atoms with Gasteiger partial charge in [-0.25, -0.2) is 0 Å². The van der Waals surface area contributed by atoms with Gasteiger partial charge in [-0.05, 0) is 18.8 Å². The summed E-state index contributed by atoms with van der Waals surface area (Å²) >= 11 is 0. The van der Waals surface area contributed by atoms with Crippen LogP contribution in [0.4, 0.5) is 0 Å². The average molecular weight is 151 g/mol. The Hall–Kier alpha value is -0.970. The van der Waals surface area contributed by atoms with Crippen LogP contribution in [0.3, 0.4) is 0 Å². The molecular weight excluding hydrogens is 138 g/mol. The van der Waals surface area contributed by atoms with Gasteiger partial charge in [-0.2, -0.15) is 0 Å². The van der Waals surface area contributed by atoms with Gasteiger partial charge in [0.25, 0.3) is 0 Å². The van der Waals surface area contributed by atoms with Crippen molar-refractivity contribution in [3.8, 4) is 12.3 Å². The number of rotatable bonds is 3. The van der Waals surface area contributed by atoms with Gasteiger partial charge in [-0.3, -0.25) is 4.79 Å². The monoisotopic (exact) mass is 151 g/mol. The Labute approximate surface area is 67.4 Å². The Kier molecular flexibility index (Phi) is 2.53. The smallest absolute Gasteiger partial charge is 0.223 e. The maximum atomic E-state index is 11.2. The molecule has 1 amide bonds. The summed E-state index contributed by atoms with van der Waals surface area (Å²) in [5, 5.41) is 2.68. The van der Waals surface area contributed by atoms with Crippen LogP contribution in [0.5, 0.6) is 0 Å². The molecule has 0 radical (unpaired) electrons. The Morgan fingerprint density at radius 3 is 2.91 bits per heavy atom. The largest absolute Gasteiger partial charge is 0.345 e. The third kappa shape index (κ3) is 2.27. The number of hydrogen-bond donors (Lipinski definition) is 1. The van der Waals surface area contributed by atoms with Crippen LogP contribution in [-0.2, 0) is 4.79 Å². The highest BCUT2D eigenvalue weighted by Crippen LogP contribution is 2.36. The van der Waals surface area contributed by atoms with Crippen molar-refractivity contribution in [3.63, 3.8) is 0 Å². The number of nitrogens with one attached hydrogen (secondary N) is 1. The summed E-state index contributed by atoms with van der Waals surface area (Å²) in [5.74, 6) is 3.26. The Morgan fingerprint density at radius 1 is 1.82 bits per heavy atom. The van der Waals surface area contributed by atoms with Crippen LogP contribution < -0.4 is 5.32 Å². The van der Waals surface area contributed by atoms with Crippen LogP contribution in [0.25, 0.3) is 0 Å². The second-order valence-electron chi connectivity index (χ2n) is 3.05. The molecule has 1 N–H and O–H groups in total. The molecule has 1 atom stereocenters. The first kappa shape index (κ1) is 8.13. The van der Waals surface area contributed by atoms with E-state index in [9.17, 15) is 4.79 Å². The fourth-order valence-corrected chi connectivity index (χ4v) is 1.11. The molecule has 1 fully saturated rings. The molecule has 60 valence electrons. The van der Waals surface area contributed by atoms with Gasteiger partial charge in [0.05, 0.1) is 6.54 Å². The third-order valence-corrected chi connectivity index (χ3v) is 2.11. The summed E-state index contributed by atoms with van der Waals surface area (Å²) in [7, 11) is 0. The van der Waals surface area contributed by atoms with Gasteiger partial charge in [-0.1, -0.05) is 12.8 Å². The highest BCUT2D eigenvalue weighted by atomic mass is 16.1. The zero-order valence-electron chi connectivity index (χ0n) is 6.76. The first-order chi connectivity index (χ1) is 5.25. The van der Waals surface area contributed by atoms with E-state index in [0.29, 0.717) is 12.5 Å². The number of carbonyl (C=O) groups excluding carboxylic acids is 1. The van der Waals surface area contributed by atoms with Crippen LogP contribution in [0.15, 0.2) is 0 Å². The molecule has 1 unspecified atom stereocenters. The molecule has 2 nitrogen and oxygen atoms in total. The second kappa shape index (κ2) is 3.43. The SMILES string of the molecule is C#CCNC(=O)C(C)C1CC1. The first-order valence-electron chi connectivity index (χ1n) is 3.97. The number of terminal acetylenes is 1. The number of amides is 1. The van der Waals surface area contributed by atoms with E-state index in [0.717, 1.165) is 0 Å². The van der Waals surface area contributed by atoms with Gasteiger partial charge in [-0.15, -0.1) is 6.42 Å². The maximum absolute atomic E-state index is 11.2. The summed E-state index contributed by atoms with van der Waals surface area (Å²) in [6.45, 7) is 2.32. The lowest BCUT2D eigenvalue weighted by Crippen LogP contribution is -2.30. The summed E-state index contributed by atoms with van der Waals surface area (Å²) in [6, 6.07) is 0. The normalized spacial score (nSPS) is 18.5. The van der Waals surface area contributed by atoms with Crippen LogP contribution >= 0.6 is 0 Å². The van der Waals surface area contributed by atoms with E-state index in [4.69, 9.17) is 6.42 Å². The predicted octanol–water partition coefficient (Wildman–Crippen LogP) is 0.782. The van der Waals surface area contributed by atoms with E-state index in [1.165, 1.54) is 12.8 Å². The Morgan fingerprint density at radius 2 is 2.45 bits per heavy atom. The van der Waals surface area contributed by atoms with Crippen LogP contribution in [-0.4, -0.2) is 12.5 Å². The maximum Gasteiger partial charge on any atom is 0.223 e. The predicted molar refractivity (Wildman–Crippen MR) is 43.7 cm³/mol. The average Bonchev–Trinajstić information content (AvgIpc) is 2.81. The summed E-state index contributed by atoms with van der Waals surface area (Å²) < 4.78 is 0. The number of hydrogen-bond acceptors (Lipinski definition) is 1. The molecule has 1 saturated carbocycles. The van der Waals surface area contributed by atoms with E-state index >= 15 is 0 Å². The quantitative estimate of drug-likeness (QED) is 0.593. The third-order valence-electron chi connectivity index (χ3n) is 2.11. The number of carbonyl (C=O) groups is 1. The van der Waals surface area contributed by atoms with E-state index in [2.05, 4.69) is 11.2 Å². The minimum atomic E-state index is 0.102. The van der Waals surface area contributed by atoms with Crippen LogP contribution in [0.1, 0.15) is 19.8 Å². The van der Waals surface area contributed by atoms with Gasteiger partial charge >= 0.3 is 0 Å². The van der Waals surface area contributed by atoms with Crippen molar-refractivity contribution in [1.82, 2.24) is 5.32 Å². The van der Waals surface area contributed by atoms with Gasteiger partial charge in [0, 0.05) is 5.92 Å². The zero-order chi connectivity index (χ0) is 8.27. The molecule has 0 spiro atoms. The van der Waals surface area contributed by atoms with Crippen LogP contribution in [0.2, 0.25) is 0 Å². The molecule has 0 bridgehead atoms. The van der Waals surface area contributed by atoms with E-state index in [1.807, 2.05) is 6.92 Å². The van der Waals surface area contributed by atoms with E-state index in [1.54, 1.807) is 0 Å². The van der Waals surface area contributed by atoms with Crippen molar-refractivity contribution < 1.29 is 4.79 Å². The molecule has 0 saturated heterocycles. The standard InChI is InChI=1S/C9H13NO/c1-3-6-10-9(11)7(2)8-4-5-8/h1,7-8H,4-6H2,2H3,(H,10,11). The molecule has 0 aromatic carbocycles. The molecular formula is C9H13NO. The lowest BCUT2D eigenvalue weighted by Gasteiger charge is -2.07. The van der Waals surface area contributed by atoms with E-state index in [-0.39, 0.29) is 11.8 Å². The molecule has 1 aliphatic rings. The van der Waals surface area contributed by atoms with Gasteiger partial charge in [0.15, 0.2) is 0 Å². The Balaban J connectivity index is 2.23. The zero-order valence-corrected chi connectivity index (χ0v) is 6.76. The molecule has 1 aliphatic carbocycles. The molecule has 0 aromatic rings. The summed E-state index contributed by atoms with van der Waals surface area (Å²) in [4.78, 5) is 11.2. The van der Waals surface area contributed by atoms with E-state index < -0.39 is 0 Å². The first-order valence-corrected chi connectivity index (χ1v) is 3.97. The molecule has 11 heavy (non-hydrogen) atoms. The van der Waals surface area contributed by atoms with Crippen molar-refractivity contribution in [1.29, 1.82) is 0 Å². The summed E-state index contributed by atoms with van der Waals surface area (Å²) in [5.41, 5.74) is 0. The van der Waals surface area contributed by atoms with Gasteiger partial charge < -0.3 is 5.32 Å². The molecule has 0 heterocycles. The highest BCUT2D eigenvalue weighted by Gasteiger charge is 2.32. The van der Waals surface area contributed by atoms with Gasteiger partial charge in [0.2, 0.25) is 5.91 Å². The molecule has 0 aliphatic heterocycles. The minimum Gasteiger partial charge on any atom is -0.345 e. The van der Waals surface area contributed by atoms with Crippen LogP contribution in [0, 0.1) is 24.2 Å². The van der Waals surface area contributed by atoms with Crippen molar-refractivity contribution in [3.05, 3.63) is 0 Å². The summed E-state index contributed by atoms with van der Waals surface area (Å²) in [6.07, 6.45) is 7.40. The highest BCUT2D eigenvalue weighted by molar-refractivity contribution is 5.79. The topological polar surface area (TPSA) is 29.1 Å². The van der Waals surface area contributed by atoms with Crippen molar-refractivity contribution in [2.24, 2.45) is 11.8 Å². The second-order valence-corrected chi connectivity index (χ2v) is 3.05. The molecule has 0 aromatic heterocycles. The Bertz CT molecular complexity index is 188. The van der Waals surface area contributed by atoms with Crippen molar-refractivity contribution in [2.75, 3.05) is 6.54 Å². The van der Waals surface area contributed by atoms with Gasteiger partial charge in [0.1, 0.15) is 0 Å². The van der Waals surface area contributed by atoms with Crippen molar-refractivity contribution >= 4 is 5.91 Å². The lowest BCUT2D eigenvalue weighted by atomic mass is 10.1. The minimum absolute atomic E-state index is 0.102. The molecule has 2 heteroatoms. The fourth-order valence-electron chi connectivity index (χ4n) is 1.11. The molecule has 1 rings (SSSR count).